The van der Waals surface area contributed by atoms with Crippen molar-refractivity contribution >= 4 is 11.8 Å². The Morgan fingerprint density at radius 1 is 1.38 bits per heavy atom. The van der Waals surface area contributed by atoms with Crippen molar-refractivity contribution in [1.29, 1.82) is 0 Å². The van der Waals surface area contributed by atoms with E-state index in [1.54, 1.807) is 17.8 Å². The number of benzene rings is 1. The number of aryl methyl sites for hydroxylation is 1. The first-order chi connectivity index (χ1) is 11.2. The molecule has 0 aliphatic rings. The fourth-order valence-corrected chi connectivity index (χ4v) is 1.94. The predicted octanol–water partition coefficient (Wildman–Crippen LogP) is 2.57. The monoisotopic (exact) mass is 342 g/mol. The Balaban J connectivity index is 2.06. The minimum absolute atomic E-state index is 0.234. The summed E-state index contributed by atoms with van der Waals surface area (Å²) in [6.45, 7) is 0.848. The van der Waals surface area contributed by atoms with Gasteiger partial charge in [-0.15, -0.1) is 5.10 Å². The Hall–Kier alpha value is -2.55. The van der Waals surface area contributed by atoms with E-state index in [0.717, 1.165) is 17.6 Å². The summed E-state index contributed by atoms with van der Waals surface area (Å²) in [5.41, 5.74) is 1.43. The van der Waals surface area contributed by atoms with Crippen molar-refractivity contribution in [3.8, 4) is 5.69 Å². The van der Waals surface area contributed by atoms with Gasteiger partial charge in [0.2, 0.25) is 0 Å². The number of halogens is 3. The Bertz CT molecular complexity index is 700. The van der Waals surface area contributed by atoms with Crippen LogP contribution in [-0.4, -0.2) is 51.7 Å². The summed E-state index contributed by atoms with van der Waals surface area (Å²) >= 11 is 0. The van der Waals surface area contributed by atoms with Gasteiger partial charge in [-0.3, -0.25) is 5.32 Å². The molecule has 1 atom stereocenters. The van der Waals surface area contributed by atoms with Crippen molar-refractivity contribution < 1.29 is 23.1 Å². The molecule has 0 bridgehead atoms. The van der Waals surface area contributed by atoms with Crippen LogP contribution in [0.1, 0.15) is 5.56 Å². The lowest BCUT2D eigenvalue weighted by atomic mass is 10.3. The molecule has 24 heavy (non-hydrogen) atoms. The van der Waals surface area contributed by atoms with Crippen LogP contribution in [0.4, 0.5) is 23.8 Å². The summed E-state index contributed by atoms with van der Waals surface area (Å²) in [4.78, 5) is 12.7. The number of carbonyl (C=O) groups excluding carboxylic acids is 1. The summed E-state index contributed by atoms with van der Waals surface area (Å²) in [7, 11) is 1.16. The quantitative estimate of drug-likeness (QED) is 0.897. The third-order valence-electron chi connectivity index (χ3n) is 3.31. The van der Waals surface area contributed by atoms with Gasteiger partial charge in [0, 0.05) is 18.8 Å². The highest BCUT2D eigenvalue weighted by Gasteiger charge is 2.39. The van der Waals surface area contributed by atoms with Crippen molar-refractivity contribution in [3.63, 3.8) is 0 Å². The number of hydrogen-bond donors (Lipinski definition) is 2. The van der Waals surface area contributed by atoms with Crippen LogP contribution in [0.2, 0.25) is 0 Å². The highest BCUT2D eigenvalue weighted by molar-refractivity contribution is 5.88. The molecule has 130 valence electrons. The zero-order chi connectivity index (χ0) is 17.9. The number of carbonyl (C=O) groups is 1. The highest BCUT2D eigenvalue weighted by atomic mass is 19.4. The Morgan fingerprint density at radius 3 is 2.58 bits per heavy atom. The molecule has 6 nitrogen and oxygen atoms in total. The fraction of sp³-hybridized carbons (Fsp3) is 0.333. The molecule has 0 aliphatic heterocycles. The third kappa shape index (κ3) is 4.25. The molecule has 1 aromatic carbocycles. The highest BCUT2D eigenvalue weighted by Crippen LogP contribution is 2.21. The molecular weight excluding hydrogens is 325 g/mol. The van der Waals surface area contributed by atoms with Gasteiger partial charge in [0.15, 0.2) is 11.9 Å². The lowest BCUT2D eigenvalue weighted by molar-refractivity contribution is -0.205. The maximum absolute atomic E-state index is 12.3. The second-order valence-electron chi connectivity index (χ2n) is 5.31. The van der Waals surface area contributed by atoms with E-state index in [1.807, 2.05) is 30.3 Å². The number of likely N-dealkylation sites (N-methyl/N-ethyl adjacent to an activating group) is 1. The van der Waals surface area contributed by atoms with Gasteiger partial charge in [0.05, 0.1) is 12.2 Å². The van der Waals surface area contributed by atoms with Gasteiger partial charge in [0.25, 0.3) is 0 Å². The second-order valence-corrected chi connectivity index (χ2v) is 5.31. The van der Waals surface area contributed by atoms with Crippen LogP contribution < -0.4 is 5.32 Å². The van der Waals surface area contributed by atoms with Crippen molar-refractivity contribution in [3.05, 3.63) is 42.1 Å². The van der Waals surface area contributed by atoms with Crippen LogP contribution in [0.3, 0.4) is 0 Å². The Labute approximate surface area is 136 Å². The number of urea groups is 1. The minimum atomic E-state index is -4.78. The standard InChI is InChI=1S/C15H17F3N4O2/c1-10-8-22(11-6-4-3-5-7-11)20-13(10)19-14(24)21(2)9-12(23)15(16,17)18/h3-8,12,23H,9H2,1-2H3,(H,19,20,24). The first-order valence-electron chi connectivity index (χ1n) is 7.07. The number of aromatic nitrogens is 2. The summed E-state index contributed by atoms with van der Waals surface area (Å²) in [6, 6.07) is 8.37. The number of nitrogens with zero attached hydrogens (tertiary/aromatic N) is 3. The molecule has 2 rings (SSSR count). The van der Waals surface area contributed by atoms with Crippen LogP contribution in [0.5, 0.6) is 0 Å². The SMILES string of the molecule is Cc1cn(-c2ccccc2)nc1NC(=O)N(C)CC(O)C(F)(F)F. The molecule has 9 heteroatoms. The maximum Gasteiger partial charge on any atom is 0.416 e. The van der Waals surface area contributed by atoms with Gasteiger partial charge in [-0.05, 0) is 19.1 Å². The molecule has 0 aliphatic carbocycles. The van der Waals surface area contributed by atoms with Crippen LogP contribution in [0.15, 0.2) is 36.5 Å². The number of rotatable bonds is 4. The van der Waals surface area contributed by atoms with Crippen LogP contribution >= 0.6 is 0 Å². The molecular formula is C15H17F3N4O2. The predicted molar refractivity (Wildman–Crippen MR) is 82.0 cm³/mol. The molecule has 0 saturated heterocycles. The van der Waals surface area contributed by atoms with Gasteiger partial charge in [-0.1, -0.05) is 18.2 Å². The van der Waals surface area contributed by atoms with Gasteiger partial charge in [-0.2, -0.15) is 13.2 Å². The topological polar surface area (TPSA) is 70.4 Å². The molecule has 1 heterocycles. The number of anilines is 1. The fourth-order valence-electron chi connectivity index (χ4n) is 1.94. The number of alkyl halides is 3. The lowest BCUT2D eigenvalue weighted by Crippen LogP contribution is -2.43. The maximum atomic E-state index is 12.3. The summed E-state index contributed by atoms with van der Waals surface area (Å²) in [5, 5.41) is 15.6. The molecule has 0 radical (unpaired) electrons. The van der Waals surface area contributed by atoms with Crippen molar-refractivity contribution in [1.82, 2.24) is 14.7 Å². The van der Waals surface area contributed by atoms with Crippen LogP contribution in [0, 0.1) is 6.92 Å². The molecule has 1 unspecified atom stereocenters. The molecule has 0 spiro atoms. The van der Waals surface area contributed by atoms with Crippen molar-refractivity contribution in [2.24, 2.45) is 0 Å². The van der Waals surface area contributed by atoms with E-state index >= 15 is 0 Å². The number of hydrogen-bond acceptors (Lipinski definition) is 3. The van der Waals surface area contributed by atoms with E-state index in [0.29, 0.717) is 5.56 Å². The number of para-hydroxylation sites is 1. The summed E-state index contributed by atoms with van der Waals surface area (Å²) in [6.07, 6.45) is -5.69. The molecule has 1 aromatic heterocycles. The van der Waals surface area contributed by atoms with E-state index in [-0.39, 0.29) is 5.82 Å². The summed E-state index contributed by atoms with van der Waals surface area (Å²) < 4.78 is 38.5. The molecule has 0 saturated carbocycles. The number of nitrogens with one attached hydrogen (secondary N) is 1. The number of amides is 2. The van der Waals surface area contributed by atoms with E-state index in [9.17, 15) is 18.0 Å². The van der Waals surface area contributed by atoms with Crippen molar-refractivity contribution in [2.45, 2.75) is 19.2 Å². The zero-order valence-corrected chi connectivity index (χ0v) is 13.1. The molecule has 2 N–H and O–H groups in total. The summed E-state index contributed by atoms with van der Waals surface area (Å²) in [5.74, 6) is 0.234. The van der Waals surface area contributed by atoms with E-state index in [1.165, 1.54) is 0 Å². The van der Waals surface area contributed by atoms with Crippen molar-refractivity contribution in [2.75, 3.05) is 18.9 Å². The molecule has 2 aromatic rings. The largest absolute Gasteiger partial charge is 0.416 e. The van der Waals surface area contributed by atoms with E-state index in [4.69, 9.17) is 5.11 Å². The van der Waals surface area contributed by atoms with E-state index < -0.39 is 24.9 Å². The zero-order valence-electron chi connectivity index (χ0n) is 13.1. The first kappa shape index (κ1) is 17.8. The molecule has 0 fully saturated rings. The average molecular weight is 342 g/mol. The number of aliphatic hydroxyl groups excluding tert-OH is 1. The normalized spacial score (nSPS) is 12.8. The van der Waals surface area contributed by atoms with Gasteiger partial charge >= 0.3 is 12.2 Å². The molecule has 2 amide bonds. The third-order valence-corrected chi connectivity index (χ3v) is 3.31. The van der Waals surface area contributed by atoms with Crippen LogP contribution in [0.25, 0.3) is 5.69 Å². The first-order valence-corrected chi connectivity index (χ1v) is 7.07. The van der Waals surface area contributed by atoms with Gasteiger partial charge in [-0.25, -0.2) is 9.48 Å². The Morgan fingerprint density at radius 2 is 2.00 bits per heavy atom. The van der Waals surface area contributed by atoms with E-state index in [2.05, 4.69) is 10.4 Å². The second kappa shape index (κ2) is 6.91. The van der Waals surface area contributed by atoms with Crippen LogP contribution in [-0.2, 0) is 0 Å². The minimum Gasteiger partial charge on any atom is -0.382 e. The lowest BCUT2D eigenvalue weighted by Gasteiger charge is -2.22. The average Bonchev–Trinajstić information content (AvgIpc) is 2.88. The smallest absolute Gasteiger partial charge is 0.382 e. The van der Waals surface area contributed by atoms with Gasteiger partial charge < -0.3 is 10.0 Å². The Kier molecular flexibility index (Phi) is 5.13. The van der Waals surface area contributed by atoms with Gasteiger partial charge in [0.1, 0.15) is 0 Å². The number of aliphatic hydroxyl groups is 1.